The van der Waals surface area contributed by atoms with Gasteiger partial charge >= 0.3 is 0 Å². The van der Waals surface area contributed by atoms with E-state index in [-0.39, 0.29) is 10.6 Å². The fourth-order valence-corrected chi connectivity index (χ4v) is 1.45. The molecule has 0 unspecified atom stereocenters. The van der Waals surface area contributed by atoms with Gasteiger partial charge in [0, 0.05) is 12.3 Å². The predicted molar refractivity (Wildman–Crippen MR) is 62.6 cm³/mol. The molecular formula is C11H8ClN3O2. The average molecular weight is 250 g/mol. The van der Waals surface area contributed by atoms with E-state index in [4.69, 9.17) is 11.6 Å². The average Bonchev–Trinajstić information content (AvgIpc) is 2.33. The molecule has 0 radical (unpaired) electrons. The molecule has 0 saturated carbocycles. The van der Waals surface area contributed by atoms with Crippen LogP contribution < -0.4 is 10.0 Å². The molecule has 2 aromatic heterocycles. The van der Waals surface area contributed by atoms with Crippen molar-refractivity contribution in [2.75, 3.05) is 5.32 Å². The lowest BCUT2D eigenvalue weighted by atomic mass is 10.2. The van der Waals surface area contributed by atoms with Crippen molar-refractivity contribution in [3.05, 3.63) is 58.8 Å². The van der Waals surface area contributed by atoms with Crippen LogP contribution in [0.2, 0.25) is 5.02 Å². The summed E-state index contributed by atoms with van der Waals surface area (Å²) in [7, 11) is 0. The van der Waals surface area contributed by atoms with Crippen molar-refractivity contribution in [3.8, 4) is 0 Å². The number of nitrogens with zero attached hydrogens (tertiary/aromatic N) is 2. The molecular weight excluding hydrogens is 242 g/mol. The van der Waals surface area contributed by atoms with Gasteiger partial charge in [-0.25, -0.2) is 0 Å². The number of hydrogen-bond donors (Lipinski definition) is 1. The summed E-state index contributed by atoms with van der Waals surface area (Å²) in [5.74, 6) is -0.451. The van der Waals surface area contributed by atoms with Crippen LogP contribution in [-0.2, 0) is 0 Å². The minimum atomic E-state index is -0.451. The van der Waals surface area contributed by atoms with Crippen LogP contribution in [0.4, 0.5) is 5.69 Å². The molecule has 5 nitrogen and oxygen atoms in total. The van der Waals surface area contributed by atoms with Gasteiger partial charge in [-0.05, 0) is 12.1 Å². The first-order valence-electron chi connectivity index (χ1n) is 4.76. The fourth-order valence-electron chi connectivity index (χ4n) is 1.26. The molecule has 0 saturated heterocycles. The molecule has 0 atom stereocenters. The van der Waals surface area contributed by atoms with E-state index < -0.39 is 5.91 Å². The van der Waals surface area contributed by atoms with Crippen LogP contribution in [0.1, 0.15) is 10.4 Å². The third-order valence-electron chi connectivity index (χ3n) is 2.05. The number of anilines is 1. The SMILES string of the molecule is O=C(Nc1cccnc1)c1c[n+]([O-])ccc1Cl. The van der Waals surface area contributed by atoms with Gasteiger partial charge in [-0.15, -0.1) is 0 Å². The Morgan fingerprint density at radius 1 is 1.47 bits per heavy atom. The first-order chi connectivity index (χ1) is 8.16. The lowest BCUT2D eigenvalue weighted by Crippen LogP contribution is -2.27. The molecule has 17 heavy (non-hydrogen) atoms. The van der Waals surface area contributed by atoms with E-state index in [9.17, 15) is 10.0 Å². The summed E-state index contributed by atoms with van der Waals surface area (Å²) in [5, 5.41) is 13.9. The first-order valence-corrected chi connectivity index (χ1v) is 5.14. The molecule has 0 bridgehead atoms. The summed E-state index contributed by atoms with van der Waals surface area (Å²) in [4.78, 5) is 15.7. The minimum absolute atomic E-state index is 0.119. The summed E-state index contributed by atoms with van der Waals surface area (Å²) < 4.78 is 0.518. The fraction of sp³-hybridized carbons (Fsp3) is 0. The highest BCUT2D eigenvalue weighted by Gasteiger charge is 2.14. The highest BCUT2D eigenvalue weighted by molar-refractivity contribution is 6.34. The Hall–Kier alpha value is -2.14. The van der Waals surface area contributed by atoms with Gasteiger partial charge in [-0.2, -0.15) is 4.73 Å². The lowest BCUT2D eigenvalue weighted by Gasteiger charge is -2.05. The van der Waals surface area contributed by atoms with Crippen molar-refractivity contribution in [2.24, 2.45) is 0 Å². The normalized spacial score (nSPS) is 9.94. The molecule has 0 aliphatic carbocycles. The van der Waals surface area contributed by atoms with Crippen molar-refractivity contribution in [1.29, 1.82) is 0 Å². The second-order valence-electron chi connectivity index (χ2n) is 3.26. The van der Waals surface area contributed by atoms with Crippen molar-refractivity contribution in [2.45, 2.75) is 0 Å². The summed E-state index contributed by atoms with van der Waals surface area (Å²) in [5.41, 5.74) is 0.655. The van der Waals surface area contributed by atoms with E-state index in [1.807, 2.05) is 0 Å². The number of halogens is 1. The van der Waals surface area contributed by atoms with Crippen molar-refractivity contribution in [3.63, 3.8) is 0 Å². The summed E-state index contributed by atoms with van der Waals surface area (Å²) in [6.07, 6.45) is 5.44. The maximum Gasteiger partial charge on any atom is 0.263 e. The molecule has 86 valence electrons. The molecule has 0 spiro atoms. The summed E-state index contributed by atoms with van der Waals surface area (Å²) in [6.45, 7) is 0. The van der Waals surface area contributed by atoms with Gasteiger partial charge in [0.25, 0.3) is 5.91 Å². The monoisotopic (exact) mass is 249 g/mol. The quantitative estimate of drug-likeness (QED) is 0.650. The molecule has 1 amide bonds. The maximum absolute atomic E-state index is 11.8. The zero-order valence-corrected chi connectivity index (χ0v) is 9.39. The Balaban J connectivity index is 2.23. The van der Waals surface area contributed by atoms with Crippen molar-refractivity contribution >= 4 is 23.2 Å². The number of nitrogens with one attached hydrogen (secondary N) is 1. The number of carbonyl (C=O) groups is 1. The van der Waals surface area contributed by atoms with Gasteiger partial charge in [0.05, 0.1) is 16.9 Å². The largest absolute Gasteiger partial charge is 0.619 e. The van der Waals surface area contributed by atoms with E-state index in [0.29, 0.717) is 10.4 Å². The van der Waals surface area contributed by atoms with Gasteiger partial charge < -0.3 is 10.5 Å². The van der Waals surface area contributed by atoms with E-state index >= 15 is 0 Å². The van der Waals surface area contributed by atoms with Crippen molar-refractivity contribution in [1.82, 2.24) is 4.98 Å². The summed E-state index contributed by atoms with van der Waals surface area (Å²) >= 11 is 5.83. The minimum Gasteiger partial charge on any atom is -0.619 e. The number of pyridine rings is 2. The van der Waals surface area contributed by atoms with Crippen molar-refractivity contribution < 1.29 is 9.52 Å². The lowest BCUT2D eigenvalue weighted by molar-refractivity contribution is -0.605. The van der Waals surface area contributed by atoms with Gasteiger partial charge in [0.1, 0.15) is 5.56 Å². The van der Waals surface area contributed by atoms with Crippen LogP contribution in [0, 0.1) is 5.21 Å². The molecule has 1 N–H and O–H groups in total. The third-order valence-corrected chi connectivity index (χ3v) is 2.38. The number of aromatic nitrogens is 2. The van der Waals surface area contributed by atoms with Crippen LogP contribution in [-0.4, -0.2) is 10.9 Å². The molecule has 6 heteroatoms. The Morgan fingerprint density at radius 3 is 3.00 bits per heavy atom. The van der Waals surface area contributed by atoms with Crippen LogP contribution >= 0.6 is 11.6 Å². The van der Waals surface area contributed by atoms with Crippen LogP contribution in [0.5, 0.6) is 0 Å². The van der Waals surface area contributed by atoms with E-state index in [1.165, 1.54) is 18.5 Å². The van der Waals surface area contributed by atoms with E-state index in [2.05, 4.69) is 10.3 Å². The Kier molecular flexibility index (Phi) is 3.20. The number of rotatable bonds is 2. The van der Waals surface area contributed by atoms with Crippen LogP contribution in [0.25, 0.3) is 0 Å². The topological polar surface area (TPSA) is 68.9 Å². The van der Waals surface area contributed by atoms with Gasteiger partial charge in [0.15, 0.2) is 12.4 Å². The number of carbonyl (C=O) groups excluding carboxylic acids is 1. The zero-order valence-electron chi connectivity index (χ0n) is 8.63. The zero-order chi connectivity index (χ0) is 12.3. The Labute approximate surface area is 102 Å². The van der Waals surface area contributed by atoms with Gasteiger partial charge in [-0.1, -0.05) is 11.6 Å². The molecule has 0 aliphatic heterocycles. The second kappa shape index (κ2) is 4.80. The molecule has 0 fully saturated rings. The highest BCUT2D eigenvalue weighted by atomic mass is 35.5. The van der Waals surface area contributed by atoms with Crippen LogP contribution in [0.15, 0.2) is 43.0 Å². The van der Waals surface area contributed by atoms with E-state index in [0.717, 1.165) is 6.20 Å². The Morgan fingerprint density at radius 2 is 2.29 bits per heavy atom. The third kappa shape index (κ3) is 2.70. The molecule has 0 aromatic carbocycles. The smallest absolute Gasteiger partial charge is 0.263 e. The summed E-state index contributed by atoms with van der Waals surface area (Å²) in [6, 6.07) is 4.75. The molecule has 2 aromatic rings. The first kappa shape index (κ1) is 11.3. The van der Waals surface area contributed by atoms with Crippen LogP contribution in [0.3, 0.4) is 0 Å². The van der Waals surface area contributed by atoms with Gasteiger partial charge in [0.2, 0.25) is 0 Å². The standard InChI is InChI=1S/C11H8ClN3O2/c12-10-3-5-15(17)7-9(10)11(16)14-8-2-1-4-13-6-8/h1-7H,(H,14,16). The van der Waals surface area contributed by atoms with E-state index in [1.54, 1.807) is 18.3 Å². The second-order valence-corrected chi connectivity index (χ2v) is 3.67. The number of hydrogen-bond acceptors (Lipinski definition) is 3. The predicted octanol–water partition coefficient (Wildman–Crippen LogP) is 1.62. The number of amides is 1. The molecule has 0 aliphatic rings. The Bertz CT molecular complexity index is 546. The van der Waals surface area contributed by atoms with Gasteiger partial charge in [-0.3, -0.25) is 9.78 Å². The molecule has 2 heterocycles. The highest BCUT2D eigenvalue weighted by Crippen LogP contribution is 2.14. The molecule has 2 rings (SSSR count). The maximum atomic E-state index is 11.8.